The SMILES string of the molecule is Nc1cnc(C(=O)Nc2cc(Cl)ccc2Cl)cn1. The number of nitrogens with two attached hydrogens (primary N) is 1. The molecular weight excluding hydrogens is 275 g/mol. The second kappa shape index (κ2) is 5.20. The minimum Gasteiger partial charge on any atom is -0.382 e. The van der Waals surface area contributed by atoms with Crippen LogP contribution in [0.4, 0.5) is 11.5 Å². The van der Waals surface area contributed by atoms with Crippen LogP contribution in [0.2, 0.25) is 10.0 Å². The van der Waals surface area contributed by atoms with Crippen LogP contribution >= 0.6 is 23.2 Å². The number of nitrogens with one attached hydrogen (secondary N) is 1. The number of rotatable bonds is 2. The summed E-state index contributed by atoms with van der Waals surface area (Å²) >= 11 is 11.7. The minimum absolute atomic E-state index is 0.139. The van der Waals surface area contributed by atoms with Crippen molar-refractivity contribution in [3.8, 4) is 0 Å². The molecule has 0 atom stereocenters. The average molecular weight is 283 g/mol. The lowest BCUT2D eigenvalue weighted by Gasteiger charge is -2.06. The fourth-order valence-electron chi connectivity index (χ4n) is 1.23. The number of anilines is 2. The van der Waals surface area contributed by atoms with Gasteiger partial charge in [0.2, 0.25) is 0 Å². The van der Waals surface area contributed by atoms with Crippen LogP contribution in [-0.2, 0) is 0 Å². The number of nitrogen functional groups attached to an aromatic ring is 1. The van der Waals surface area contributed by atoms with Crippen LogP contribution < -0.4 is 11.1 Å². The highest BCUT2D eigenvalue weighted by atomic mass is 35.5. The molecule has 0 radical (unpaired) electrons. The van der Waals surface area contributed by atoms with E-state index in [2.05, 4.69) is 15.3 Å². The molecule has 0 aliphatic carbocycles. The van der Waals surface area contributed by atoms with Crippen LogP contribution in [0.25, 0.3) is 0 Å². The van der Waals surface area contributed by atoms with Gasteiger partial charge in [0.1, 0.15) is 11.5 Å². The normalized spacial score (nSPS) is 10.1. The van der Waals surface area contributed by atoms with E-state index in [1.807, 2.05) is 0 Å². The van der Waals surface area contributed by atoms with Crippen molar-refractivity contribution < 1.29 is 4.79 Å². The minimum atomic E-state index is -0.438. The standard InChI is InChI=1S/C11H8Cl2N4O/c12-6-1-2-7(13)8(3-6)17-11(18)9-4-16-10(14)5-15-9/h1-5H,(H2,14,16)(H,17,18). The molecule has 0 fully saturated rings. The van der Waals surface area contributed by atoms with E-state index in [1.165, 1.54) is 12.4 Å². The monoisotopic (exact) mass is 282 g/mol. The average Bonchev–Trinajstić information content (AvgIpc) is 2.34. The molecule has 1 aromatic heterocycles. The zero-order valence-electron chi connectivity index (χ0n) is 9.02. The summed E-state index contributed by atoms with van der Waals surface area (Å²) in [5, 5.41) is 3.44. The van der Waals surface area contributed by atoms with Crippen LogP contribution in [0.1, 0.15) is 10.5 Å². The second-order valence-corrected chi connectivity index (χ2v) is 4.25. The highest BCUT2D eigenvalue weighted by Crippen LogP contribution is 2.25. The van der Waals surface area contributed by atoms with E-state index in [9.17, 15) is 4.79 Å². The molecule has 1 amide bonds. The van der Waals surface area contributed by atoms with Crippen molar-refractivity contribution >= 4 is 40.6 Å². The molecule has 0 saturated heterocycles. The van der Waals surface area contributed by atoms with Gasteiger partial charge in [-0.15, -0.1) is 0 Å². The van der Waals surface area contributed by atoms with E-state index >= 15 is 0 Å². The number of carbonyl (C=O) groups excluding carboxylic acids is 1. The van der Waals surface area contributed by atoms with Crippen molar-refractivity contribution in [2.24, 2.45) is 0 Å². The summed E-state index contributed by atoms with van der Waals surface area (Å²) in [6.45, 7) is 0. The topological polar surface area (TPSA) is 80.9 Å². The Balaban J connectivity index is 2.21. The van der Waals surface area contributed by atoms with Crippen molar-refractivity contribution in [2.45, 2.75) is 0 Å². The first-order chi connectivity index (χ1) is 8.56. The smallest absolute Gasteiger partial charge is 0.275 e. The highest BCUT2D eigenvalue weighted by molar-refractivity contribution is 6.35. The summed E-state index contributed by atoms with van der Waals surface area (Å²) < 4.78 is 0. The molecule has 92 valence electrons. The Labute approximate surface area is 113 Å². The number of amides is 1. The molecule has 2 aromatic rings. The van der Waals surface area contributed by atoms with Gasteiger partial charge in [0.25, 0.3) is 5.91 Å². The number of hydrogen-bond acceptors (Lipinski definition) is 4. The van der Waals surface area contributed by atoms with Crippen LogP contribution in [0.15, 0.2) is 30.6 Å². The molecule has 7 heteroatoms. The first-order valence-corrected chi connectivity index (χ1v) is 5.66. The number of hydrogen-bond donors (Lipinski definition) is 2. The number of halogens is 2. The van der Waals surface area contributed by atoms with Gasteiger partial charge in [-0.1, -0.05) is 23.2 Å². The number of nitrogens with zero attached hydrogens (tertiary/aromatic N) is 2. The maximum absolute atomic E-state index is 11.8. The van der Waals surface area contributed by atoms with E-state index in [4.69, 9.17) is 28.9 Å². The van der Waals surface area contributed by atoms with Crippen molar-refractivity contribution in [2.75, 3.05) is 11.1 Å². The summed E-state index contributed by atoms with van der Waals surface area (Å²) in [6.07, 6.45) is 2.58. The molecule has 0 aliphatic rings. The molecule has 1 heterocycles. The molecule has 0 bridgehead atoms. The maximum atomic E-state index is 11.8. The Bertz CT molecular complexity index is 586. The van der Waals surface area contributed by atoms with E-state index in [-0.39, 0.29) is 11.5 Å². The molecule has 0 unspecified atom stereocenters. The molecule has 1 aromatic carbocycles. The first kappa shape index (κ1) is 12.6. The van der Waals surface area contributed by atoms with Crippen molar-refractivity contribution in [1.82, 2.24) is 9.97 Å². The van der Waals surface area contributed by atoms with Crippen molar-refractivity contribution in [3.63, 3.8) is 0 Å². The zero-order valence-corrected chi connectivity index (χ0v) is 10.5. The Morgan fingerprint density at radius 1 is 1.22 bits per heavy atom. The van der Waals surface area contributed by atoms with Gasteiger partial charge in [-0.3, -0.25) is 4.79 Å². The Morgan fingerprint density at radius 2 is 2.00 bits per heavy atom. The number of carbonyl (C=O) groups is 1. The lowest BCUT2D eigenvalue weighted by molar-refractivity contribution is 0.102. The molecule has 0 aliphatic heterocycles. The van der Waals surface area contributed by atoms with Gasteiger partial charge in [-0.05, 0) is 18.2 Å². The van der Waals surface area contributed by atoms with E-state index < -0.39 is 5.91 Å². The predicted molar refractivity (Wildman–Crippen MR) is 70.9 cm³/mol. The van der Waals surface area contributed by atoms with Crippen LogP contribution in [0.5, 0.6) is 0 Å². The van der Waals surface area contributed by atoms with Gasteiger partial charge in [-0.2, -0.15) is 0 Å². The summed E-state index contributed by atoms with van der Waals surface area (Å²) in [5.41, 5.74) is 5.93. The Morgan fingerprint density at radius 3 is 2.67 bits per heavy atom. The Kier molecular flexibility index (Phi) is 3.64. The molecule has 5 nitrogen and oxygen atoms in total. The third kappa shape index (κ3) is 2.88. The Hall–Kier alpha value is -1.85. The van der Waals surface area contributed by atoms with Crippen molar-refractivity contribution in [3.05, 3.63) is 46.3 Å². The fourth-order valence-corrected chi connectivity index (χ4v) is 1.57. The first-order valence-electron chi connectivity index (χ1n) is 4.90. The molecule has 0 spiro atoms. The van der Waals surface area contributed by atoms with Gasteiger partial charge in [0.05, 0.1) is 23.1 Å². The molecule has 2 rings (SSSR count). The predicted octanol–water partition coefficient (Wildman–Crippen LogP) is 2.62. The van der Waals surface area contributed by atoms with Gasteiger partial charge in [0, 0.05) is 5.02 Å². The van der Waals surface area contributed by atoms with Gasteiger partial charge >= 0.3 is 0 Å². The quantitative estimate of drug-likeness (QED) is 0.887. The van der Waals surface area contributed by atoms with Crippen LogP contribution in [0, 0.1) is 0 Å². The summed E-state index contributed by atoms with van der Waals surface area (Å²) in [6, 6.07) is 4.77. The van der Waals surface area contributed by atoms with Gasteiger partial charge in [-0.25, -0.2) is 9.97 Å². The van der Waals surface area contributed by atoms with E-state index in [0.29, 0.717) is 15.7 Å². The van der Waals surface area contributed by atoms with Crippen molar-refractivity contribution in [1.29, 1.82) is 0 Å². The summed E-state index contributed by atoms with van der Waals surface area (Å²) in [4.78, 5) is 19.5. The van der Waals surface area contributed by atoms with E-state index in [1.54, 1.807) is 18.2 Å². The lowest BCUT2D eigenvalue weighted by Crippen LogP contribution is -2.14. The maximum Gasteiger partial charge on any atom is 0.275 e. The summed E-state index contributed by atoms with van der Waals surface area (Å²) in [5.74, 6) is -0.195. The number of benzene rings is 1. The zero-order chi connectivity index (χ0) is 13.1. The van der Waals surface area contributed by atoms with E-state index in [0.717, 1.165) is 0 Å². The molecular formula is C11H8Cl2N4O. The lowest BCUT2D eigenvalue weighted by atomic mass is 10.3. The second-order valence-electron chi connectivity index (χ2n) is 3.40. The van der Waals surface area contributed by atoms with Gasteiger partial charge in [0.15, 0.2) is 0 Å². The highest BCUT2D eigenvalue weighted by Gasteiger charge is 2.10. The van der Waals surface area contributed by atoms with Crippen LogP contribution in [-0.4, -0.2) is 15.9 Å². The third-order valence-corrected chi connectivity index (χ3v) is 2.65. The number of aromatic nitrogens is 2. The molecule has 18 heavy (non-hydrogen) atoms. The van der Waals surface area contributed by atoms with Crippen LogP contribution in [0.3, 0.4) is 0 Å². The fraction of sp³-hybridized carbons (Fsp3) is 0. The summed E-state index contributed by atoms with van der Waals surface area (Å²) in [7, 11) is 0. The molecule has 3 N–H and O–H groups in total. The largest absolute Gasteiger partial charge is 0.382 e. The molecule has 0 saturated carbocycles. The van der Waals surface area contributed by atoms with Gasteiger partial charge < -0.3 is 11.1 Å². The third-order valence-electron chi connectivity index (χ3n) is 2.08.